The quantitative estimate of drug-likeness (QED) is 0.451. The van der Waals surface area contributed by atoms with Gasteiger partial charge in [-0.25, -0.2) is 8.78 Å². The van der Waals surface area contributed by atoms with Crippen LogP contribution >= 0.6 is 34.8 Å². The van der Waals surface area contributed by atoms with Gasteiger partial charge in [0, 0.05) is 19.5 Å². The van der Waals surface area contributed by atoms with Crippen LogP contribution in [0.1, 0.15) is 26.2 Å². The van der Waals surface area contributed by atoms with Crippen molar-refractivity contribution in [2.24, 2.45) is 5.92 Å². The Morgan fingerprint density at radius 2 is 1.96 bits per heavy atom. The molecule has 0 saturated carbocycles. The summed E-state index contributed by atoms with van der Waals surface area (Å²) < 4.78 is 27.6. The number of carbonyl (C=O) groups excluding carboxylic acids is 3. The molecular formula is C15H21Cl3F2N2O5. The van der Waals surface area contributed by atoms with Gasteiger partial charge in [-0.15, -0.1) is 0 Å². The fourth-order valence-corrected chi connectivity index (χ4v) is 2.73. The van der Waals surface area contributed by atoms with Gasteiger partial charge >= 0.3 is 5.97 Å². The molecule has 0 radical (unpaired) electrons. The zero-order valence-corrected chi connectivity index (χ0v) is 16.7. The highest BCUT2D eigenvalue weighted by molar-refractivity contribution is 6.67. The number of hydrogen-bond acceptors (Lipinski definition) is 5. The Morgan fingerprint density at radius 1 is 1.33 bits per heavy atom. The number of nitrogens with zero attached hydrogens (tertiary/aromatic N) is 1. The van der Waals surface area contributed by atoms with Crippen molar-refractivity contribution in [3.05, 3.63) is 0 Å². The topological polar surface area (TPSA) is 95.9 Å². The second kappa shape index (κ2) is 10.6. The van der Waals surface area contributed by atoms with E-state index in [1.165, 1.54) is 11.8 Å². The van der Waals surface area contributed by atoms with E-state index in [1.807, 2.05) is 0 Å². The molecule has 2 amide bonds. The number of piperidine rings is 1. The third-order valence-electron chi connectivity index (χ3n) is 3.88. The Labute approximate surface area is 170 Å². The first-order valence-corrected chi connectivity index (χ1v) is 9.33. The molecule has 27 heavy (non-hydrogen) atoms. The second-order valence-corrected chi connectivity index (χ2v) is 8.74. The Kier molecular flexibility index (Phi) is 9.47. The van der Waals surface area contributed by atoms with E-state index >= 15 is 0 Å². The van der Waals surface area contributed by atoms with Crippen LogP contribution in [0.3, 0.4) is 0 Å². The van der Waals surface area contributed by atoms with Crippen molar-refractivity contribution >= 4 is 52.6 Å². The summed E-state index contributed by atoms with van der Waals surface area (Å²) in [5, 5.41) is 11.5. The van der Waals surface area contributed by atoms with Crippen LogP contribution in [-0.4, -0.2) is 69.9 Å². The molecule has 0 spiro atoms. The number of esters is 1. The lowest BCUT2D eigenvalue weighted by atomic mass is 9.97. The number of alkyl halides is 5. The predicted octanol–water partition coefficient (Wildman–Crippen LogP) is 1.66. The molecule has 2 N–H and O–H groups in total. The maximum absolute atomic E-state index is 12.4. The van der Waals surface area contributed by atoms with Crippen molar-refractivity contribution in [3.8, 4) is 0 Å². The molecular weight excluding hydrogens is 433 g/mol. The lowest BCUT2D eigenvalue weighted by Crippen LogP contribution is -2.52. The largest absolute Gasteiger partial charge is 0.461 e. The summed E-state index contributed by atoms with van der Waals surface area (Å²) in [5.41, 5.74) is 0. The van der Waals surface area contributed by atoms with Gasteiger partial charge in [0.1, 0.15) is 18.8 Å². The Balaban J connectivity index is 2.56. The van der Waals surface area contributed by atoms with Crippen molar-refractivity contribution in [2.75, 3.05) is 19.7 Å². The number of nitrogens with one attached hydrogen (secondary N) is 1. The molecule has 0 aromatic carbocycles. The minimum atomic E-state index is -2.85. The van der Waals surface area contributed by atoms with Crippen LogP contribution in [0.25, 0.3) is 0 Å². The monoisotopic (exact) mass is 452 g/mol. The van der Waals surface area contributed by atoms with Crippen LogP contribution in [0.5, 0.6) is 0 Å². The third-order valence-corrected chi connectivity index (χ3v) is 4.21. The zero-order valence-electron chi connectivity index (χ0n) is 14.5. The number of rotatable bonds is 7. The number of aliphatic hydroxyl groups is 1. The molecule has 0 aromatic rings. The average molecular weight is 454 g/mol. The lowest BCUT2D eigenvalue weighted by molar-refractivity contribution is -0.152. The highest BCUT2D eigenvalue weighted by Crippen LogP contribution is 2.27. The van der Waals surface area contributed by atoms with Gasteiger partial charge in [0.2, 0.25) is 22.0 Å². The smallest absolute Gasteiger partial charge is 0.310 e. The maximum Gasteiger partial charge on any atom is 0.310 e. The van der Waals surface area contributed by atoms with E-state index in [2.05, 4.69) is 5.32 Å². The average Bonchev–Trinajstić information content (AvgIpc) is 2.57. The highest BCUT2D eigenvalue weighted by Gasteiger charge is 2.33. The number of likely N-dealkylation sites (tertiary alicyclic amines) is 1. The van der Waals surface area contributed by atoms with Gasteiger partial charge in [0.15, 0.2) is 0 Å². The van der Waals surface area contributed by atoms with Crippen molar-refractivity contribution in [1.29, 1.82) is 0 Å². The zero-order chi connectivity index (χ0) is 20.8. The van der Waals surface area contributed by atoms with Crippen LogP contribution in [-0.2, 0) is 19.1 Å². The van der Waals surface area contributed by atoms with Crippen molar-refractivity contribution in [1.82, 2.24) is 10.2 Å². The molecule has 12 heteroatoms. The Morgan fingerprint density at radius 3 is 2.52 bits per heavy atom. The second-order valence-electron chi connectivity index (χ2n) is 6.22. The number of aliphatic hydroxyl groups excluding tert-OH is 1. The molecule has 1 aliphatic heterocycles. The maximum atomic E-state index is 12.4. The molecule has 0 aromatic heterocycles. The molecule has 1 fully saturated rings. The summed E-state index contributed by atoms with van der Waals surface area (Å²) in [6.45, 7) is 1.35. The van der Waals surface area contributed by atoms with Crippen LogP contribution in [0.15, 0.2) is 0 Å². The van der Waals surface area contributed by atoms with Crippen LogP contribution in [0.2, 0.25) is 0 Å². The van der Waals surface area contributed by atoms with Gasteiger partial charge in [0.25, 0.3) is 0 Å². The van der Waals surface area contributed by atoms with Gasteiger partial charge < -0.3 is 20.1 Å². The standard InChI is InChI=1S/C15H21Cl3F2N2O5/c1-8(21-12(24)10(23)5-11(19)20)13(25)22-4-2-3-9(6-22)14(26)27-7-15(16,17)18/h8-11,23H,2-7H2,1H3,(H,21,24). The van der Waals surface area contributed by atoms with Gasteiger partial charge in [-0.05, 0) is 19.8 Å². The lowest BCUT2D eigenvalue weighted by Gasteiger charge is -2.33. The molecule has 0 aliphatic carbocycles. The Bertz CT molecular complexity index is 548. The van der Waals surface area contributed by atoms with Crippen LogP contribution < -0.4 is 5.32 Å². The van der Waals surface area contributed by atoms with Crippen molar-refractivity contribution in [2.45, 2.75) is 48.5 Å². The van der Waals surface area contributed by atoms with Crippen molar-refractivity contribution < 1.29 is 33.0 Å². The first-order valence-electron chi connectivity index (χ1n) is 8.19. The number of ether oxygens (including phenoxy) is 1. The number of carbonyl (C=O) groups is 3. The summed E-state index contributed by atoms with van der Waals surface area (Å²) in [6, 6.07) is -1.05. The van der Waals surface area contributed by atoms with Gasteiger partial charge in [0.05, 0.1) is 5.92 Å². The summed E-state index contributed by atoms with van der Waals surface area (Å²) >= 11 is 16.6. The molecule has 156 valence electrons. The van der Waals surface area contributed by atoms with Crippen molar-refractivity contribution in [3.63, 3.8) is 0 Å². The first-order chi connectivity index (χ1) is 12.4. The number of amides is 2. The van der Waals surface area contributed by atoms with E-state index in [0.29, 0.717) is 19.4 Å². The summed E-state index contributed by atoms with van der Waals surface area (Å²) in [4.78, 5) is 37.5. The van der Waals surface area contributed by atoms with Gasteiger partial charge in [-0.2, -0.15) is 0 Å². The SMILES string of the molecule is CC(NC(=O)C(O)CC(F)F)C(=O)N1CCCC(C(=O)OCC(Cl)(Cl)Cl)C1. The van der Waals surface area contributed by atoms with E-state index in [0.717, 1.165) is 0 Å². The molecule has 1 saturated heterocycles. The van der Waals surface area contributed by atoms with E-state index in [4.69, 9.17) is 39.5 Å². The highest BCUT2D eigenvalue weighted by atomic mass is 35.6. The molecule has 1 rings (SSSR count). The minimum Gasteiger partial charge on any atom is -0.461 e. The van der Waals surface area contributed by atoms with Crippen LogP contribution in [0.4, 0.5) is 8.78 Å². The third kappa shape index (κ3) is 8.76. The van der Waals surface area contributed by atoms with Crippen LogP contribution in [0, 0.1) is 5.92 Å². The molecule has 3 unspecified atom stereocenters. The van der Waals surface area contributed by atoms with E-state index in [1.54, 1.807) is 0 Å². The summed E-state index contributed by atoms with van der Waals surface area (Å²) in [7, 11) is 0. The molecule has 1 heterocycles. The summed E-state index contributed by atoms with van der Waals surface area (Å²) in [6.07, 6.45) is -4.78. The molecule has 3 atom stereocenters. The molecule has 7 nitrogen and oxygen atoms in total. The van der Waals surface area contributed by atoms with E-state index in [9.17, 15) is 28.3 Å². The predicted molar refractivity (Wildman–Crippen MR) is 94.8 cm³/mol. The Hall–Kier alpha value is -0.900. The van der Waals surface area contributed by atoms with Gasteiger partial charge in [-0.3, -0.25) is 14.4 Å². The molecule has 1 aliphatic rings. The van der Waals surface area contributed by atoms with E-state index < -0.39 is 59.1 Å². The number of halogens is 5. The minimum absolute atomic E-state index is 0.0529. The fourth-order valence-electron chi connectivity index (χ4n) is 2.56. The normalized spacial score (nSPS) is 20.1. The summed E-state index contributed by atoms with van der Waals surface area (Å²) in [5.74, 6) is -2.79. The molecule has 0 bridgehead atoms. The fraction of sp³-hybridized carbons (Fsp3) is 0.800. The van der Waals surface area contributed by atoms with E-state index in [-0.39, 0.29) is 6.54 Å². The van der Waals surface area contributed by atoms with Gasteiger partial charge in [-0.1, -0.05) is 34.8 Å². The number of hydrogen-bond donors (Lipinski definition) is 2. The first kappa shape index (κ1) is 24.1.